The summed E-state index contributed by atoms with van der Waals surface area (Å²) in [6, 6.07) is 0.787. The highest BCUT2D eigenvalue weighted by atomic mass is 35.5. The minimum Gasteiger partial charge on any atom is -0.480 e. The Morgan fingerprint density at radius 1 is 1.67 bits per heavy atom. The van der Waals surface area contributed by atoms with E-state index in [0.717, 1.165) is 6.07 Å². The third-order valence-electron chi connectivity index (χ3n) is 1.55. The molecule has 0 aliphatic rings. The number of aromatic nitrogens is 1. The first-order valence-electron chi connectivity index (χ1n) is 3.64. The van der Waals surface area contributed by atoms with Gasteiger partial charge >= 0.3 is 0 Å². The van der Waals surface area contributed by atoms with Gasteiger partial charge in [0, 0.05) is 6.07 Å². The largest absolute Gasteiger partial charge is 0.480 e. The first kappa shape index (κ1) is 11.6. The minimum absolute atomic E-state index is 0.186. The molecule has 82 valence electrons. The van der Waals surface area contributed by atoms with E-state index >= 15 is 0 Å². The van der Waals surface area contributed by atoms with E-state index in [2.05, 4.69) is 9.72 Å². The Kier molecular flexibility index (Phi) is 3.35. The quantitative estimate of drug-likeness (QED) is 0.600. The Labute approximate surface area is 87.8 Å². The summed E-state index contributed by atoms with van der Waals surface area (Å²) >= 11 is 5.51. The Balaban J connectivity index is 3.38. The lowest BCUT2D eigenvalue weighted by Crippen LogP contribution is -2.01. The van der Waals surface area contributed by atoms with Gasteiger partial charge in [0.2, 0.25) is 5.88 Å². The average Bonchev–Trinajstić information content (AvgIpc) is 2.16. The van der Waals surface area contributed by atoms with E-state index < -0.39 is 22.7 Å². The third-order valence-corrected chi connectivity index (χ3v) is 1.82. The molecule has 15 heavy (non-hydrogen) atoms. The van der Waals surface area contributed by atoms with Crippen molar-refractivity contribution >= 4 is 17.3 Å². The summed E-state index contributed by atoms with van der Waals surface area (Å²) in [5.41, 5.74) is -1.78. The number of alkyl halides is 2. The van der Waals surface area contributed by atoms with Crippen LogP contribution < -0.4 is 4.74 Å². The number of nitro groups is 1. The zero-order valence-corrected chi connectivity index (χ0v) is 8.16. The van der Waals surface area contributed by atoms with E-state index in [0.29, 0.717) is 0 Å². The van der Waals surface area contributed by atoms with Crippen LogP contribution in [0.4, 0.5) is 14.5 Å². The maximum Gasteiger partial charge on any atom is 0.298 e. The second kappa shape index (κ2) is 4.35. The van der Waals surface area contributed by atoms with Crippen molar-refractivity contribution in [3.8, 4) is 5.88 Å². The fourth-order valence-corrected chi connectivity index (χ4v) is 1.15. The van der Waals surface area contributed by atoms with Gasteiger partial charge in [0.1, 0.15) is 5.02 Å². The third kappa shape index (κ3) is 2.30. The molecule has 0 radical (unpaired) electrons. The maximum absolute atomic E-state index is 12.4. The molecule has 0 aromatic carbocycles. The maximum atomic E-state index is 12.4. The molecule has 0 N–H and O–H groups in total. The molecule has 0 aliphatic carbocycles. The molecule has 8 heteroatoms. The molecule has 0 saturated carbocycles. The van der Waals surface area contributed by atoms with Crippen molar-refractivity contribution in [2.75, 3.05) is 7.11 Å². The average molecular weight is 239 g/mol. The molecule has 0 saturated heterocycles. The predicted molar refractivity (Wildman–Crippen MR) is 47.4 cm³/mol. The molecule has 1 rings (SSSR count). The molecule has 0 atom stereocenters. The molecule has 5 nitrogen and oxygen atoms in total. The van der Waals surface area contributed by atoms with Gasteiger partial charge in [-0.2, -0.15) is 0 Å². The van der Waals surface area contributed by atoms with Gasteiger partial charge < -0.3 is 4.74 Å². The predicted octanol–water partition coefficient (Wildman–Crippen LogP) is 2.59. The van der Waals surface area contributed by atoms with E-state index in [9.17, 15) is 18.9 Å². The first-order valence-corrected chi connectivity index (χ1v) is 4.02. The van der Waals surface area contributed by atoms with Gasteiger partial charge in [-0.1, -0.05) is 11.6 Å². The van der Waals surface area contributed by atoms with Crippen molar-refractivity contribution < 1.29 is 18.4 Å². The van der Waals surface area contributed by atoms with Crippen molar-refractivity contribution in [3.63, 3.8) is 0 Å². The van der Waals surface area contributed by atoms with E-state index in [4.69, 9.17) is 11.6 Å². The van der Waals surface area contributed by atoms with Gasteiger partial charge in [-0.3, -0.25) is 10.1 Å². The van der Waals surface area contributed by atoms with Crippen LogP contribution in [-0.2, 0) is 0 Å². The van der Waals surface area contributed by atoms with Crippen molar-refractivity contribution in [1.82, 2.24) is 4.98 Å². The fraction of sp³-hybridized carbons (Fsp3) is 0.286. The van der Waals surface area contributed by atoms with Gasteiger partial charge in [0.25, 0.3) is 12.1 Å². The summed E-state index contributed by atoms with van der Waals surface area (Å²) in [6.45, 7) is 0. The zero-order chi connectivity index (χ0) is 11.6. The normalized spacial score (nSPS) is 10.5. The van der Waals surface area contributed by atoms with Gasteiger partial charge in [0.05, 0.1) is 12.0 Å². The number of pyridine rings is 1. The fourth-order valence-electron chi connectivity index (χ4n) is 0.926. The van der Waals surface area contributed by atoms with E-state index in [-0.39, 0.29) is 10.9 Å². The minimum atomic E-state index is -3.06. The van der Waals surface area contributed by atoms with Crippen molar-refractivity contribution in [2.45, 2.75) is 6.43 Å². The number of rotatable bonds is 3. The van der Waals surface area contributed by atoms with E-state index in [1.165, 1.54) is 7.11 Å². The van der Waals surface area contributed by atoms with Crippen molar-refractivity contribution in [2.24, 2.45) is 0 Å². The van der Waals surface area contributed by atoms with Gasteiger partial charge in [-0.05, 0) is 0 Å². The van der Waals surface area contributed by atoms with Gasteiger partial charge in [0.15, 0.2) is 5.69 Å². The van der Waals surface area contributed by atoms with Crippen LogP contribution in [0.25, 0.3) is 0 Å². The summed E-state index contributed by atoms with van der Waals surface area (Å²) in [5.74, 6) is -0.266. The van der Waals surface area contributed by atoms with Crippen LogP contribution in [-0.4, -0.2) is 17.0 Å². The SMILES string of the molecule is COc1nc(C(F)F)c([N+](=O)[O-])cc1Cl. The number of ether oxygens (including phenoxy) is 1. The van der Waals surface area contributed by atoms with Crippen LogP contribution in [0.2, 0.25) is 5.02 Å². The second-order valence-electron chi connectivity index (χ2n) is 2.44. The van der Waals surface area contributed by atoms with Crippen LogP contribution in [0, 0.1) is 10.1 Å². The Bertz CT molecular complexity index is 400. The summed E-state index contributed by atoms with van der Waals surface area (Å²) in [7, 11) is 1.18. The number of nitrogens with zero attached hydrogens (tertiary/aromatic N) is 2. The van der Waals surface area contributed by atoms with Crippen molar-refractivity contribution in [3.05, 3.63) is 26.9 Å². The van der Waals surface area contributed by atoms with E-state index in [1.807, 2.05) is 0 Å². The number of halogens is 3. The molecular weight excluding hydrogens is 234 g/mol. The van der Waals surface area contributed by atoms with Crippen LogP contribution in [0.3, 0.4) is 0 Å². The van der Waals surface area contributed by atoms with Crippen LogP contribution in [0.15, 0.2) is 6.07 Å². The number of hydrogen-bond acceptors (Lipinski definition) is 4. The highest BCUT2D eigenvalue weighted by Crippen LogP contribution is 2.33. The molecule has 0 spiro atoms. The van der Waals surface area contributed by atoms with Crippen LogP contribution >= 0.6 is 11.6 Å². The van der Waals surface area contributed by atoms with E-state index in [1.54, 1.807) is 0 Å². The Morgan fingerprint density at radius 2 is 2.27 bits per heavy atom. The van der Waals surface area contributed by atoms with Gasteiger partial charge in [-0.25, -0.2) is 13.8 Å². The smallest absolute Gasteiger partial charge is 0.298 e. The summed E-state index contributed by atoms with van der Waals surface area (Å²) in [4.78, 5) is 12.7. The molecule has 1 aromatic rings. The second-order valence-corrected chi connectivity index (χ2v) is 2.85. The lowest BCUT2D eigenvalue weighted by atomic mass is 10.3. The summed E-state index contributed by atoms with van der Waals surface area (Å²) in [5, 5.41) is 10.2. The van der Waals surface area contributed by atoms with Crippen LogP contribution in [0.1, 0.15) is 12.1 Å². The van der Waals surface area contributed by atoms with Crippen LogP contribution in [0.5, 0.6) is 5.88 Å². The molecule has 1 aromatic heterocycles. The molecule has 0 amide bonds. The molecule has 0 bridgehead atoms. The van der Waals surface area contributed by atoms with Crippen molar-refractivity contribution in [1.29, 1.82) is 0 Å². The zero-order valence-electron chi connectivity index (χ0n) is 7.41. The highest BCUT2D eigenvalue weighted by Gasteiger charge is 2.26. The monoisotopic (exact) mass is 238 g/mol. The Hall–Kier alpha value is -1.50. The standard InChI is InChI=1S/C7H5ClF2N2O3/c1-15-7-3(8)2-4(12(13)14)5(11-7)6(9)10/h2,6H,1H3. The molecule has 1 heterocycles. The number of methoxy groups -OCH3 is 1. The number of hydrogen-bond donors (Lipinski definition) is 0. The first-order chi connectivity index (χ1) is 6.97. The lowest BCUT2D eigenvalue weighted by Gasteiger charge is -2.05. The molecule has 0 fully saturated rings. The topological polar surface area (TPSA) is 65.3 Å². The lowest BCUT2D eigenvalue weighted by molar-refractivity contribution is -0.386. The summed E-state index contributed by atoms with van der Waals surface area (Å²) in [6.07, 6.45) is -3.06. The Morgan fingerprint density at radius 3 is 2.67 bits per heavy atom. The highest BCUT2D eigenvalue weighted by molar-refractivity contribution is 6.32. The summed E-state index contributed by atoms with van der Waals surface area (Å²) < 4.78 is 29.3. The molecule has 0 aliphatic heterocycles. The molecule has 0 unspecified atom stereocenters. The van der Waals surface area contributed by atoms with Gasteiger partial charge in [-0.15, -0.1) is 0 Å². The molecular formula is C7H5ClF2N2O3.